The highest BCUT2D eigenvalue weighted by Gasteiger charge is 2.27. The number of para-hydroxylation sites is 2. The predicted octanol–water partition coefficient (Wildman–Crippen LogP) is 3.91. The van der Waals surface area contributed by atoms with Crippen LogP contribution in [0.25, 0.3) is 11.0 Å². The van der Waals surface area contributed by atoms with Crippen LogP contribution in [0.3, 0.4) is 0 Å². The zero-order chi connectivity index (χ0) is 23.8. The molecule has 0 bridgehead atoms. The number of hydrogen-bond acceptors (Lipinski definition) is 5. The number of aliphatic hydroxyl groups is 1. The second kappa shape index (κ2) is 11.6. The van der Waals surface area contributed by atoms with Gasteiger partial charge in [-0.1, -0.05) is 35.9 Å². The molecule has 3 aromatic rings. The molecule has 7 nitrogen and oxygen atoms in total. The van der Waals surface area contributed by atoms with Crippen molar-refractivity contribution in [3.05, 3.63) is 77.6 Å². The van der Waals surface area contributed by atoms with E-state index in [9.17, 15) is 14.7 Å². The molecule has 0 spiro atoms. The van der Waals surface area contributed by atoms with Gasteiger partial charge in [0.1, 0.15) is 0 Å². The van der Waals surface area contributed by atoms with Gasteiger partial charge >= 0.3 is 5.97 Å². The summed E-state index contributed by atoms with van der Waals surface area (Å²) in [5.74, 6) is -0.430. The molecule has 1 saturated carbocycles. The van der Waals surface area contributed by atoms with E-state index in [2.05, 4.69) is 15.8 Å². The molecule has 4 rings (SSSR count). The summed E-state index contributed by atoms with van der Waals surface area (Å²) in [6, 6.07) is 15.0. The van der Waals surface area contributed by atoms with E-state index in [1.807, 2.05) is 36.1 Å². The van der Waals surface area contributed by atoms with Crippen molar-refractivity contribution in [2.45, 2.75) is 18.9 Å². The van der Waals surface area contributed by atoms with Gasteiger partial charge in [-0.3, -0.25) is 4.79 Å². The number of rotatable bonds is 7. The number of carbonyl (C=O) groups is 2. The molecule has 0 saturated heterocycles. The molecule has 1 N–H and O–H groups in total. The fourth-order valence-corrected chi connectivity index (χ4v) is 3.49. The number of ether oxygens (including phenoxy) is 1. The van der Waals surface area contributed by atoms with Gasteiger partial charge in [0.25, 0.3) is 0 Å². The smallest absolute Gasteiger partial charge is 0.330 e. The molecular formula is C25H28ClN3O4. The average molecular weight is 470 g/mol. The zero-order valence-corrected chi connectivity index (χ0v) is 19.5. The lowest BCUT2D eigenvalue weighted by Gasteiger charge is -2.24. The number of methoxy groups -OCH3 is 1. The van der Waals surface area contributed by atoms with Gasteiger partial charge in [-0.2, -0.15) is 0 Å². The van der Waals surface area contributed by atoms with E-state index < -0.39 is 12.1 Å². The number of halogens is 1. The van der Waals surface area contributed by atoms with E-state index in [1.54, 1.807) is 29.2 Å². The molecule has 33 heavy (non-hydrogen) atoms. The van der Waals surface area contributed by atoms with Crippen molar-refractivity contribution in [3.8, 4) is 0 Å². The number of fused-ring (bicyclic) bond motifs is 1. The quantitative estimate of drug-likeness (QED) is 0.419. The minimum Gasteiger partial charge on any atom is -0.466 e. The Hall–Kier alpha value is -3.16. The first-order valence-electron chi connectivity index (χ1n) is 10.7. The second-order valence-corrected chi connectivity index (χ2v) is 8.39. The Kier molecular flexibility index (Phi) is 8.63. The Morgan fingerprint density at radius 1 is 1.24 bits per heavy atom. The summed E-state index contributed by atoms with van der Waals surface area (Å²) >= 11 is 5.93. The normalized spacial score (nSPS) is 13.9. The van der Waals surface area contributed by atoms with E-state index in [0.29, 0.717) is 23.0 Å². The molecule has 1 atom stereocenters. The van der Waals surface area contributed by atoms with Crippen LogP contribution in [0, 0.1) is 5.92 Å². The number of imidazole rings is 1. The maximum atomic E-state index is 12.3. The van der Waals surface area contributed by atoms with Crippen LogP contribution in [0.2, 0.25) is 5.02 Å². The molecule has 1 amide bonds. The highest BCUT2D eigenvalue weighted by atomic mass is 35.5. The SMILES string of the molecule is COC(=O)/C=C/C(=O)N(CC1CC1)CC(O)c1cccc(Cl)c1.Cn1cnc2ccccc21. The van der Waals surface area contributed by atoms with Crippen molar-refractivity contribution in [1.29, 1.82) is 0 Å². The number of nitrogens with zero attached hydrogens (tertiary/aromatic N) is 3. The highest BCUT2D eigenvalue weighted by Crippen LogP contribution is 2.30. The van der Waals surface area contributed by atoms with Gasteiger partial charge in [0.2, 0.25) is 5.91 Å². The van der Waals surface area contributed by atoms with Crippen molar-refractivity contribution in [3.63, 3.8) is 0 Å². The molecule has 8 heteroatoms. The van der Waals surface area contributed by atoms with Gasteiger partial charge in [-0.25, -0.2) is 9.78 Å². The standard InChI is InChI=1S/C17H20ClNO4.C8H8N2/c1-23-17(22)8-7-16(21)19(10-12-5-6-12)11-15(20)13-3-2-4-14(18)9-13;1-10-6-9-7-4-2-3-5-8(7)10/h2-4,7-9,12,15,20H,5-6,10-11H2,1H3;2-6H,1H3/b8-7+;. The molecule has 1 unspecified atom stereocenters. The summed E-state index contributed by atoms with van der Waals surface area (Å²) in [5, 5.41) is 10.9. The lowest BCUT2D eigenvalue weighted by atomic mass is 10.1. The monoisotopic (exact) mass is 469 g/mol. The fourth-order valence-electron chi connectivity index (χ4n) is 3.29. The van der Waals surface area contributed by atoms with Crippen LogP contribution in [0.1, 0.15) is 24.5 Å². The second-order valence-electron chi connectivity index (χ2n) is 7.96. The van der Waals surface area contributed by atoms with Crippen molar-refractivity contribution in [2.75, 3.05) is 20.2 Å². The van der Waals surface area contributed by atoms with Crippen LogP contribution in [-0.2, 0) is 21.4 Å². The van der Waals surface area contributed by atoms with Crippen LogP contribution < -0.4 is 0 Å². The highest BCUT2D eigenvalue weighted by molar-refractivity contribution is 6.30. The van der Waals surface area contributed by atoms with E-state index in [4.69, 9.17) is 11.6 Å². The Labute approximate surface area is 198 Å². The van der Waals surface area contributed by atoms with Crippen molar-refractivity contribution in [2.24, 2.45) is 13.0 Å². The van der Waals surface area contributed by atoms with E-state index in [0.717, 1.165) is 24.4 Å². The number of carbonyl (C=O) groups excluding carboxylic acids is 2. The summed E-state index contributed by atoms with van der Waals surface area (Å²) in [6.07, 6.45) is 5.43. The number of amides is 1. The lowest BCUT2D eigenvalue weighted by Crippen LogP contribution is -2.35. The first kappa shape index (κ1) is 24.5. The topological polar surface area (TPSA) is 84.7 Å². The third-order valence-electron chi connectivity index (χ3n) is 5.31. The summed E-state index contributed by atoms with van der Waals surface area (Å²) < 4.78 is 6.49. The maximum Gasteiger partial charge on any atom is 0.330 e. The number of aromatic nitrogens is 2. The minimum atomic E-state index is -0.831. The molecule has 1 aromatic heterocycles. The van der Waals surface area contributed by atoms with E-state index in [1.165, 1.54) is 18.7 Å². The molecule has 1 fully saturated rings. The molecule has 1 heterocycles. The van der Waals surface area contributed by atoms with Gasteiger partial charge in [0, 0.05) is 30.8 Å². The van der Waals surface area contributed by atoms with Gasteiger partial charge in [0.15, 0.2) is 0 Å². The molecule has 1 aliphatic rings. The third-order valence-corrected chi connectivity index (χ3v) is 5.54. The van der Waals surface area contributed by atoms with Crippen LogP contribution in [0.4, 0.5) is 0 Å². The molecule has 2 aromatic carbocycles. The molecule has 0 aliphatic heterocycles. The third kappa shape index (κ3) is 7.44. The van der Waals surface area contributed by atoms with Gasteiger partial charge in [0.05, 0.1) is 37.1 Å². The Bertz CT molecular complexity index is 1120. The number of benzene rings is 2. The summed E-state index contributed by atoms with van der Waals surface area (Å²) in [6.45, 7) is 0.725. The largest absolute Gasteiger partial charge is 0.466 e. The molecule has 1 aliphatic carbocycles. The first-order chi connectivity index (χ1) is 15.9. The number of esters is 1. The first-order valence-corrected chi connectivity index (χ1v) is 11.1. The predicted molar refractivity (Wildman–Crippen MR) is 128 cm³/mol. The van der Waals surface area contributed by atoms with Crippen LogP contribution in [0.15, 0.2) is 67.0 Å². The Balaban J connectivity index is 0.000000252. The van der Waals surface area contributed by atoms with Gasteiger partial charge in [-0.05, 0) is 48.6 Å². The van der Waals surface area contributed by atoms with Crippen molar-refractivity contribution < 1.29 is 19.4 Å². The fraction of sp³-hybridized carbons (Fsp3) is 0.320. The Morgan fingerprint density at radius 3 is 2.67 bits per heavy atom. The van der Waals surface area contributed by atoms with Crippen molar-refractivity contribution >= 4 is 34.5 Å². The number of aryl methyl sites for hydroxylation is 1. The zero-order valence-electron chi connectivity index (χ0n) is 18.7. The van der Waals surface area contributed by atoms with Crippen LogP contribution in [-0.4, -0.2) is 51.6 Å². The summed E-state index contributed by atoms with van der Waals surface area (Å²) in [7, 11) is 3.25. The maximum absolute atomic E-state index is 12.3. The van der Waals surface area contributed by atoms with E-state index in [-0.39, 0.29) is 12.5 Å². The Morgan fingerprint density at radius 2 is 2.00 bits per heavy atom. The van der Waals surface area contributed by atoms with Crippen molar-refractivity contribution in [1.82, 2.24) is 14.5 Å². The molecular weight excluding hydrogens is 442 g/mol. The van der Waals surface area contributed by atoms with Gasteiger partial charge in [-0.15, -0.1) is 0 Å². The van der Waals surface area contributed by atoms with Gasteiger partial charge < -0.3 is 19.3 Å². The molecule has 0 radical (unpaired) electrons. The molecule has 174 valence electrons. The lowest BCUT2D eigenvalue weighted by molar-refractivity contribution is -0.135. The van der Waals surface area contributed by atoms with Crippen LogP contribution in [0.5, 0.6) is 0 Å². The summed E-state index contributed by atoms with van der Waals surface area (Å²) in [5.41, 5.74) is 2.90. The minimum absolute atomic E-state index is 0.154. The van der Waals surface area contributed by atoms with E-state index >= 15 is 0 Å². The summed E-state index contributed by atoms with van der Waals surface area (Å²) in [4.78, 5) is 29.1. The van der Waals surface area contributed by atoms with Crippen LogP contribution >= 0.6 is 11.6 Å². The number of hydrogen-bond donors (Lipinski definition) is 1. The number of aliphatic hydroxyl groups excluding tert-OH is 1. The average Bonchev–Trinajstić information content (AvgIpc) is 3.57.